The Morgan fingerprint density at radius 3 is 2.87 bits per heavy atom. The van der Waals surface area contributed by atoms with Crippen molar-refractivity contribution in [2.75, 3.05) is 13.7 Å². The number of methoxy groups -OCH3 is 1. The molecular formula is C11H15NO3. The fourth-order valence-electron chi connectivity index (χ4n) is 1.23. The molecule has 0 spiro atoms. The third-order valence-electron chi connectivity index (χ3n) is 1.87. The summed E-state index contributed by atoms with van der Waals surface area (Å²) in [5, 5.41) is 0. The van der Waals surface area contributed by atoms with Crippen LogP contribution in [0.3, 0.4) is 0 Å². The van der Waals surface area contributed by atoms with E-state index in [1.807, 2.05) is 19.9 Å². The standard InChI is InChI=1S/C11H15NO3/c1-8-4-5-11(10(6-13)12-8)15-9(2)7-14-3/h4-6,9H,7H2,1-3H3. The van der Waals surface area contributed by atoms with Crippen LogP contribution in [0.5, 0.6) is 5.75 Å². The first-order valence-electron chi connectivity index (χ1n) is 4.75. The lowest BCUT2D eigenvalue weighted by atomic mass is 10.3. The molecule has 1 rings (SSSR count). The lowest BCUT2D eigenvalue weighted by Crippen LogP contribution is -2.19. The third-order valence-corrected chi connectivity index (χ3v) is 1.87. The molecule has 0 saturated carbocycles. The van der Waals surface area contributed by atoms with Gasteiger partial charge in [-0.15, -0.1) is 0 Å². The Kier molecular flexibility index (Phi) is 4.24. The SMILES string of the molecule is COCC(C)Oc1ccc(C)nc1C=O. The van der Waals surface area contributed by atoms with E-state index in [0.717, 1.165) is 5.69 Å². The number of carbonyl (C=O) groups is 1. The number of aromatic nitrogens is 1. The molecule has 0 N–H and O–H groups in total. The van der Waals surface area contributed by atoms with Crippen LogP contribution in [0.1, 0.15) is 23.1 Å². The van der Waals surface area contributed by atoms with Crippen LogP contribution < -0.4 is 4.74 Å². The highest BCUT2D eigenvalue weighted by molar-refractivity contribution is 5.76. The Hall–Kier alpha value is -1.42. The lowest BCUT2D eigenvalue weighted by molar-refractivity contribution is 0.0901. The average Bonchev–Trinajstić information content (AvgIpc) is 2.21. The van der Waals surface area contributed by atoms with Gasteiger partial charge in [-0.1, -0.05) is 0 Å². The number of nitrogens with zero attached hydrogens (tertiary/aromatic N) is 1. The first-order chi connectivity index (χ1) is 7.17. The summed E-state index contributed by atoms with van der Waals surface area (Å²) in [7, 11) is 1.61. The molecule has 0 aliphatic carbocycles. The van der Waals surface area contributed by atoms with Gasteiger partial charge in [-0.2, -0.15) is 0 Å². The molecule has 0 radical (unpaired) electrons. The van der Waals surface area contributed by atoms with E-state index >= 15 is 0 Å². The summed E-state index contributed by atoms with van der Waals surface area (Å²) in [4.78, 5) is 14.8. The van der Waals surface area contributed by atoms with Crippen LogP contribution in [-0.4, -0.2) is 31.1 Å². The van der Waals surface area contributed by atoms with E-state index in [0.29, 0.717) is 24.3 Å². The molecule has 0 aliphatic heterocycles. The molecule has 0 aliphatic rings. The largest absolute Gasteiger partial charge is 0.486 e. The van der Waals surface area contributed by atoms with Crippen molar-refractivity contribution in [3.63, 3.8) is 0 Å². The molecule has 1 heterocycles. The van der Waals surface area contributed by atoms with Crippen molar-refractivity contribution in [3.8, 4) is 5.75 Å². The highest BCUT2D eigenvalue weighted by Gasteiger charge is 2.08. The Labute approximate surface area is 89.2 Å². The van der Waals surface area contributed by atoms with Gasteiger partial charge in [0.15, 0.2) is 6.29 Å². The van der Waals surface area contributed by atoms with Gasteiger partial charge in [0.1, 0.15) is 17.5 Å². The van der Waals surface area contributed by atoms with E-state index in [1.165, 1.54) is 0 Å². The van der Waals surface area contributed by atoms with Crippen molar-refractivity contribution in [2.45, 2.75) is 20.0 Å². The smallest absolute Gasteiger partial charge is 0.172 e. The van der Waals surface area contributed by atoms with Gasteiger partial charge >= 0.3 is 0 Å². The van der Waals surface area contributed by atoms with Gasteiger partial charge in [0.25, 0.3) is 0 Å². The minimum atomic E-state index is -0.0989. The monoisotopic (exact) mass is 209 g/mol. The first kappa shape index (κ1) is 11.7. The Morgan fingerprint density at radius 2 is 2.27 bits per heavy atom. The number of ether oxygens (including phenoxy) is 2. The van der Waals surface area contributed by atoms with Gasteiger partial charge in [-0.3, -0.25) is 4.79 Å². The van der Waals surface area contributed by atoms with Gasteiger partial charge in [-0.25, -0.2) is 4.98 Å². The highest BCUT2D eigenvalue weighted by atomic mass is 16.5. The number of hydrogen-bond acceptors (Lipinski definition) is 4. The molecular weight excluding hydrogens is 194 g/mol. The molecule has 1 aromatic rings. The maximum Gasteiger partial charge on any atom is 0.172 e. The summed E-state index contributed by atoms with van der Waals surface area (Å²) < 4.78 is 10.5. The zero-order chi connectivity index (χ0) is 11.3. The van der Waals surface area contributed by atoms with E-state index in [2.05, 4.69) is 4.98 Å². The summed E-state index contributed by atoms with van der Waals surface area (Å²) in [6.45, 7) is 4.18. The number of pyridine rings is 1. The second-order valence-corrected chi connectivity index (χ2v) is 3.34. The van der Waals surface area contributed by atoms with Gasteiger partial charge in [0.2, 0.25) is 0 Å². The molecule has 15 heavy (non-hydrogen) atoms. The summed E-state index contributed by atoms with van der Waals surface area (Å²) >= 11 is 0. The molecule has 4 nitrogen and oxygen atoms in total. The quantitative estimate of drug-likeness (QED) is 0.691. The number of rotatable bonds is 5. The van der Waals surface area contributed by atoms with E-state index in [-0.39, 0.29) is 6.10 Å². The van der Waals surface area contributed by atoms with Gasteiger partial charge in [0, 0.05) is 12.8 Å². The fourth-order valence-corrected chi connectivity index (χ4v) is 1.23. The van der Waals surface area contributed by atoms with E-state index < -0.39 is 0 Å². The van der Waals surface area contributed by atoms with Crippen LogP contribution >= 0.6 is 0 Å². The topological polar surface area (TPSA) is 48.4 Å². The maximum atomic E-state index is 10.7. The number of aldehydes is 1. The molecule has 0 fully saturated rings. The number of hydrogen-bond donors (Lipinski definition) is 0. The van der Waals surface area contributed by atoms with Crippen molar-refractivity contribution in [2.24, 2.45) is 0 Å². The van der Waals surface area contributed by atoms with Crippen molar-refractivity contribution < 1.29 is 14.3 Å². The van der Waals surface area contributed by atoms with Gasteiger partial charge in [-0.05, 0) is 26.0 Å². The molecule has 1 aromatic heterocycles. The predicted molar refractivity (Wildman–Crippen MR) is 56.3 cm³/mol. The molecule has 1 unspecified atom stereocenters. The minimum Gasteiger partial charge on any atom is -0.486 e. The second-order valence-electron chi connectivity index (χ2n) is 3.34. The van der Waals surface area contributed by atoms with Gasteiger partial charge < -0.3 is 9.47 Å². The summed E-state index contributed by atoms with van der Waals surface area (Å²) in [5.74, 6) is 0.500. The van der Waals surface area contributed by atoms with Crippen LogP contribution in [0.15, 0.2) is 12.1 Å². The summed E-state index contributed by atoms with van der Waals surface area (Å²) in [6.07, 6.45) is 0.597. The Balaban J connectivity index is 2.80. The molecule has 0 aromatic carbocycles. The Bertz CT molecular complexity index is 339. The van der Waals surface area contributed by atoms with E-state index in [4.69, 9.17) is 9.47 Å². The molecule has 82 valence electrons. The molecule has 1 atom stereocenters. The van der Waals surface area contributed by atoms with Crippen molar-refractivity contribution in [1.82, 2.24) is 4.98 Å². The van der Waals surface area contributed by atoms with Crippen LogP contribution in [0, 0.1) is 6.92 Å². The van der Waals surface area contributed by atoms with Crippen LogP contribution in [0.25, 0.3) is 0 Å². The minimum absolute atomic E-state index is 0.0989. The molecule has 0 amide bonds. The third kappa shape index (κ3) is 3.32. The maximum absolute atomic E-state index is 10.7. The highest BCUT2D eigenvalue weighted by Crippen LogP contribution is 2.16. The predicted octanol–water partition coefficient (Wildman–Crippen LogP) is 1.62. The van der Waals surface area contributed by atoms with Crippen molar-refractivity contribution in [3.05, 3.63) is 23.5 Å². The van der Waals surface area contributed by atoms with E-state index in [1.54, 1.807) is 13.2 Å². The molecule has 4 heteroatoms. The normalized spacial score (nSPS) is 12.2. The fraction of sp³-hybridized carbons (Fsp3) is 0.455. The lowest BCUT2D eigenvalue weighted by Gasteiger charge is -2.14. The van der Waals surface area contributed by atoms with Gasteiger partial charge in [0.05, 0.1) is 6.61 Å². The zero-order valence-corrected chi connectivity index (χ0v) is 9.19. The van der Waals surface area contributed by atoms with Crippen LogP contribution in [0.4, 0.5) is 0 Å². The van der Waals surface area contributed by atoms with Crippen molar-refractivity contribution >= 4 is 6.29 Å². The number of aryl methyl sites for hydroxylation is 1. The summed E-state index contributed by atoms with van der Waals surface area (Å²) in [5.41, 5.74) is 1.13. The zero-order valence-electron chi connectivity index (χ0n) is 9.19. The summed E-state index contributed by atoms with van der Waals surface area (Å²) in [6, 6.07) is 3.56. The van der Waals surface area contributed by atoms with Crippen LogP contribution in [-0.2, 0) is 4.74 Å². The van der Waals surface area contributed by atoms with Crippen molar-refractivity contribution in [1.29, 1.82) is 0 Å². The molecule has 0 bridgehead atoms. The van der Waals surface area contributed by atoms with Crippen LogP contribution in [0.2, 0.25) is 0 Å². The Morgan fingerprint density at radius 1 is 1.53 bits per heavy atom. The van der Waals surface area contributed by atoms with E-state index in [9.17, 15) is 4.79 Å². The molecule has 0 saturated heterocycles. The first-order valence-corrected chi connectivity index (χ1v) is 4.75. The second kappa shape index (κ2) is 5.46. The average molecular weight is 209 g/mol. The number of carbonyl (C=O) groups excluding carboxylic acids is 1.